The number of hydrogen-bond donors (Lipinski definition) is 0. The van der Waals surface area contributed by atoms with Gasteiger partial charge in [0.1, 0.15) is 5.01 Å². The van der Waals surface area contributed by atoms with Crippen molar-refractivity contribution in [3.05, 3.63) is 64.7 Å². The summed E-state index contributed by atoms with van der Waals surface area (Å²) in [7, 11) is 0.625. The monoisotopic (exact) mass is 443 g/mol. The summed E-state index contributed by atoms with van der Waals surface area (Å²) in [5, 5.41) is 2.87. The van der Waals surface area contributed by atoms with Crippen LogP contribution >= 0.6 is 11.3 Å². The van der Waals surface area contributed by atoms with Crippen LogP contribution in [0.5, 0.6) is 11.5 Å². The molecule has 4 nitrogen and oxygen atoms in total. The Bertz CT molecular complexity index is 1000. The predicted molar refractivity (Wildman–Crippen MR) is 126 cm³/mol. The largest absolute Gasteiger partial charge is 0.493 e. The van der Waals surface area contributed by atoms with Crippen LogP contribution < -0.4 is 9.47 Å². The Morgan fingerprint density at radius 3 is 2.40 bits per heavy atom. The lowest BCUT2D eigenvalue weighted by molar-refractivity contribution is 0.311. The van der Waals surface area contributed by atoms with Gasteiger partial charge in [-0.25, -0.2) is 4.98 Å². The summed E-state index contributed by atoms with van der Waals surface area (Å²) in [6.07, 6.45) is 0. The number of thiazole rings is 1. The second-order valence-electron chi connectivity index (χ2n) is 8.12. The van der Waals surface area contributed by atoms with Gasteiger partial charge in [0.25, 0.3) is 0 Å². The molecule has 0 amide bonds. The molecular formula is C24H29NO3S2. The highest BCUT2D eigenvalue weighted by atomic mass is 32.2. The molecule has 0 aliphatic rings. The van der Waals surface area contributed by atoms with Gasteiger partial charge in [-0.1, -0.05) is 45.0 Å². The normalized spacial score (nSPS) is 12.6. The number of rotatable bonds is 8. The van der Waals surface area contributed by atoms with Gasteiger partial charge in [-0.2, -0.15) is 0 Å². The van der Waals surface area contributed by atoms with Crippen LogP contribution in [0.3, 0.4) is 0 Å². The van der Waals surface area contributed by atoms with Crippen molar-refractivity contribution in [1.29, 1.82) is 0 Å². The van der Waals surface area contributed by atoms with E-state index in [2.05, 4.69) is 50.0 Å². The molecule has 30 heavy (non-hydrogen) atoms. The lowest BCUT2D eigenvalue weighted by Gasteiger charge is -2.19. The highest BCUT2D eigenvalue weighted by molar-refractivity contribution is 7.83. The van der Waals surface area contributed by atoms with Gasteiger partial charge in [0.2, 0.25) is 0 Å². The molecule has 0 fully saturated rings. The SMILES string of the molecule is CCOc1ccc(-c2nc(C[S@@](=O)Cc3ccc(C(C)(C)C)cc3)cs2)cc1OC. The van der Waals surface area contributed by atoms with Gasteiger partial charge in [0.15, 0.2) is 11.5 Å². The van der Waals surface area contributed by atoms with Crippen LogP contribution in [0.4, 0.5) is 0 Å². The van der Waals surface area contributed by atoms with Crippen LogP contribution in [-0.4, -0.2) is 22.9 Å². The number of hydrogen-bond acceptors (Lipinski definition) is 5. The van der Waals surface area contributed by atoms with Crippen LogP contribution in [-0.2, 0) is 27.7 Å². The van der Waals surface area contributed by atoms with E-state index in [1.54, 1.807) is 18.4 Å². The quantitative estimate of drug-likeness (QED) is 0.431. The van der Waals surface area contributed by atoms with Crippen molar-refractivity contribution >= 4 is 22.1 Å². The Kier molecular flexibility index (Phi) is 7.32. The molecule has 6 heteroatoms. The number of benzene rings is 2. The van der Waals surface area contributed by atoms with Crippen molar-refractivity contribution in [3.63, 3.8) is 0 Å². The zero-order chi connectivity index (χ0) is 21.7. The fraction of sp³-hybridized carbons (Fsp3) is 0.375. The molecule has 0 spiro atoms. The van der Waals surface area contributed by atoms with E-state index in [4.69, 9.17) is 9.47 Å². The topological polar surface area (TPSA) is 48.4 Å². The van der Waals surface area contributed by atoms with Crippen LogP contribution in [0.1, 0.15) is 44.5 Å². The van der Waals surface area contributed by atoms with Crippen molar-refractivity contribution in [2.45, 2.75) is 44.6 Å². The first kappa shape index (κ1) is 22.5. The van der Waals surface area contributed by atoms with E-state index in [0.717, 1.165) is 27.6 Å². The van der Waals surface area contributed by atoms with E-state index in [1.165, 1.54) is 5.56 Å². The van der Waals surface area contributed by atoms with Gasteiger partial charge in [-0.3, -0.25) is 4.21 Å². The van der Waals surface area contributed by atoms with Crippen molar-refractivity contribution < 1.29 is 13.7 Å². The third kappa shape index (κ3) is 5.70. The highest BCUT2D eigenvalue weighted by Gasteiger charge is 2.14. The molecule has 0 N–H and O–H groups in total. The van der Waals surface area contributed by atoms with Crippen LogP contribution in [0.25, 0.3) is 10.6 Å². The summed E-state index contributed by atoms with van der Waals surface area (Å²) in [6.45, 7) is 9.11. The Balaban J connectivity index is 1.66. The van der Waals surface area contributed by atoms with Gasteiger partial charge < -0.3 is 9.47 Å². The maximum Gasteiger partial charge on any atom is 0.161 e. The second-order valence-corrected chi connectivity index (χ2v) is 10.4. The minimum Gasteiger partial charge on any atom is -0.493 e. The summed E-state index contributed by atoms with van der Waals surface area (Å²) in [5.74, 6) is 2.40. The molecule has 160 valence electrons. The maximum absolute atomic E-state index is 12.7. The molecule has 1 atom stereocenters. The molecule has 1 aromatic heterocycles. The number of aromatic nitrogens is 1. The van der Waals surface area contributed by atoms with Gasteiger partial charge in [0, 0.05) is 27.5 Å². The van der Waals surface area contributed by atoms with E-state index in [1.807, 2.05) is 30.5 Å². The average Bonchev–Trinajstić information content (AvgIpc) is 3.16. The first-order valence-corrected chi connectivity index (χ1v) is 12.4. The zero-order valence-corrected chi connectivity index (χ0v) is 19.9. The Morgan fingerprint density at radius 1 is 1.03 bits per heavy atom. The molecule has 3 aromatic rings. The molecule has 0 bridgehead atoms. The molecule has 3 rings (SSSR count). The van der Waals surface area contributed by atoms with Crippen LogP contribution in [0.15, 0.2) is 47.8 Å². The van der Waals surface area contributed by atoms with Gasteiger partial charge in [-0.05, 0) is 41.7 Å². The molecule has 0 aliphatic carbocycles. The zero-order valence-electron chi connectivity index (χ0n) is 18.2. The summed E-state index contributed by atoms with van der Waals surface area (Å²) in [4.78, 5) is 4.69. The molecule has 0 unspecified atom stereocenters. The molecule has 2 aromatic carbocycles. The van der Waals surface area contributed by atoms with Crippen LogP contribution in [0, 0.1) is 0 Å². The van der Waals surface area contributed by atoms with Gasteiger partial charge in [-0.15, -0.1) is 11.3 Å². The third-order valence-corrected chi connectivity index (χ3v) is 6.93. The van der Waals surface area contributed by atoms with E-state index in [-0.39, 0.29) is 5.41 Å². The van der Waals surface area contributed by atoms with E-state index >= 15 is 0 Å². The molecular weight excluding hydrogens is 414 g/mol. The van der Waals surface area contributed by atoms with Crippen molar-refractivity contribution in [2.75, 3.05) is 13.7 Å². The lowest BCUT2D eigenvalue weighted by Crippen LogP contribution is -2.10. The minimum absolute atomic E-state index is 0.123. The first-order chi connectivity index (χ1) is 14.3. The molecule has 1 heterocycles. The fourth-order valence-corrected chi connectivity index (χ4v) is 5.15. The third-order valence-electron chi connectivity index (χ3n) is 4.72. The summed E-state index contributed by atoms with van der Waals surface area (Å²) in [5.41, 5.74) is 4.32. The Labute approximate surface area is 185 Å². The van der Waals surface area contributed by atoms with E-state index in [9.17, 15) is 4.21 Å². The standard InChI is InChI=1S/C24H29NO3S2/c1-6-28-21-12-9-18(13-22(21)27-5)23-25-20(14-29-23)16-30(26)15-17-7-10-19(11-8-17)24(2,3)4/h7-14H,6,15-16H2,1-5H3/t30-/m0/s1. The smallest absolute Gasteiger partial charge is 0.161 e. The van der Waals surface area contributed by atoms with Gasteiger partial charge >= 0.3 is 0 Å². The molecule has 0 radical (unpaired) electrons. The molecule has 0 saturated carbocycles. The van der Waals surface area contributed by atoms with Gasteiger partial charge in [0.05, 0.1) is 25.2 Å². The van der Waals surface area contributed by atoms with Crippen LogP contribution in [0.2, 0.25) is 0 Å². The summed E-state index contributed by atoms with van der Waals surface area (Å²) >= 11 is 1.55. The first-order valence-electron chi connectivity index (χ1n) is 10.00. The minimum atomic E-state index is -1.01. The Hall–Kier alpha value is -2.18. The molecule has 0 aliphatic heterocycles. The average molecular weight is 444 g/mol. The number of nitrogens with zero attached hydrogens (tertiary/aromatic N) is 1. The second kappa shape index (κ2) is 9.75. The van der Waals surface area contributed by atoms with E-state index in [0.29, 0.717) is 23.9 Å². The van der Waals surface area contributed by atoms with Crippen molar-refractivity contribution in [2.24, 2.45) is 0 Å². The van der Waals surface area contributed by atoms with E-state index < -0.39 is 10.8 Å². The fourth-order valence-electron chi connectivity index (χ4n) is 3.08. The maximum atomic E-state index is 12.7. The summed E-state index contributed by atoms with van der Waals surface area (Å²) in [6, 6.07) is 14.2. The lowest BCUT2D eigenvalue weighted by atomic mass is 9.87. The molecule has 0 saturated heterocycles. The highest BCUT2D eigenvalue weighted by Crippen LogP contribution is 2.34. The number of methoxy groups -OCH3 is 1. The van der Waals surface area contributed by atoms with Crippen molar-refractivity contribution in [3.8, 4) is 22.1 Å². The summed E-state index contributed by atoms with van der Waals surface area (Å²) < 4.78 is 23.7. The predicted octanol–water partition coefficient (Wildman–Crippen LogP) is 5.96. The number of ether oxygens (including phenoxy) is 2. The Morgan fingerprint density at radius 2 is 1.77 bits per heavy atom. The van der Waals surface area contributed by atoms with Crippen molar-refractivity contribution in [1.82, 2.24) is 4.98 Å².